The Morgan fingerprint density at radius 1 is 1.10 bits per heavy atom. The summed E-state index contributed by atoms with van der Waals surface area (Å²) in [6, 6.07) is 17.4. The van der Waals surface area contributed by atoms with Crippen LogP contribution in [0.4, 0.5) is 0 Å². The molecule has 1 atom stereocenters. The van der Waals surface area contributed by atoms with Crippen molar-refractivity contribution in [3.05, 3.63) is 48.0 Å². The Hall–Kier alpha value is -1.85. The Kier molecular flexibility index (Phi) is 4.76. The fourth-order valence-corrected chi connectivity index (χ4v) is 2.45. The van der Waals surface area contributed by atoms with E-state index < -0.39 is 0 Å². The van der Waals surface area contributed by atoms with Gasteiger partial charge in [-0.25, -0.2) is 0 Å². The van der Waals surface area contributed by atoms with E-state index in [0.717, 1.165) is 13.1 Å². The molecule has 0 aromatic heterocycles. The zero-order valence-corrected chi connectivity index (χ0v) is 12.5. The number of nitriles is 1. The molecule has 0 spiro atoms. The van der Waals surface area contributed by atoms with E-state index in [0.29, 0.717) is 5.92 Å². The Bertz CT molecular complexity index is 610. The van der Waals surface area contributed by atoms with E-state index in [2.05, 4.69) is 74.3 Å². The van der Waals surface area contributed by atoms with Gasteiger partial charge in [0.15, 0.2) is 0 Å². The third-order valence-corrected chi connectivity index (χ3v) is 3.75. The number of hydrogen-bond donors (Lipinski definition) is 0. The quantitative estimate of drug-likeness (QED) is 0.815. The molecule has 0 saturated carbocycles. The van der Waals surface area contributed by atoms with Crippen molar-refractivity contribution in [3.8, 4) is 6.07 Å². The Labute approximate surface area is 121 Å². The van der Waals surface area contributed by atoms with Crippen molar-refractivity contribution >= 4 is 10.8 Å². The topological polar surface area (TPSA) is 27.0 Å². The largest absolute Gasteiger partial charge is 0.301 e. The number of fused-ring (bicyclic) bond motifs is 1. The van der Waals surface area contributed by atoms with Crippen LogP contribution in [0.5, 0.6) is 0 Å². The first-order chi connectivity index (χ1) is 9.60. The fraction of sp³-hybridized carbons (Fsp3) is 0.389. The highest BCUT2D eigenvalue weighted by atomic mass is 15.1. The highest BCUT2D eigenvalue weighted by Gasteiger charge is 2.14. The molecular weight excluding hydrogens is 244 g/mol. The molecule has 2 rings (SSSR count). The van der Waals surface area contributed by atoms with Gasteiger partial charge >= 0.3 is 0 Å². The molecule has 0 heterocycles. The van der Waals surface area contributed by atoms with Gasteiger partial charge in [-0.05, 0) is 35.4 Å². The van der Waals surface area contributed by atoms with E-state index in [9.17, 15) is 5.26 Å². The maximum absolute atomic E-state index is 9.18. The molecule has 0 fully saturated rings. The van der Waals surface area contributed by atoms with Crippen LogP contribution in [0.2, 0.25) is 0 Å². The molecule has 0 N–H and O–H groups in total. The molecule has 0 amide bonds. The molecular formula is C18H22N2. The Morgan fingerprint density at radius 2 is 1.80 bits per heavy atom. The monoisotopic (exact) mass is 266 g/mol. The van der Waals surface area contributed by atoms with Crippen molar-refractivity contribution in [2.24, 2.45) is 11.8 Å². The number of rotatable bonds is 5. The summed E-state index contributed by atoms with van der Waals surface area (Å²) in [5.41, 5.74) is 1.30. The average Bonchev–Trinajstić information content (AvgIpc) is 2.44. The van der Waals surface area contributed by atoms with Gasteiger partial charge in [0.1, 0.15) is 0 Å². The summed E-state index contributed by atoms with van der Waals surface area (Å²) in [7, 11) is 2.09. The molecule has 0 saturated heterocycles. The molecule has 0 radical (unpaired) electrons. The molecule has 2 aromatic rings. The maximum atomic E-state index is 9.18. The third-order valence-electron chi connectivity index (χ3n) is 3.75. The van der Waals surface area contributed by atoms with Gasteiger partial charge in [-0.1, -0.05) is 50.2 Å². The van der Waals surface area contributed by atoms with E-state index in [1.54, 1.807) is 0 Å². The second-order valence-electron chi connectivity index (χ2n) is 5.86. The molecule has 0 bridgehead atoms. The van der Waals surface area contributed by atoms with E-state index in [1.807, 2.05) is 0 Å². The standard InChI is InChI=1S/C18H22N2/c1-14(2)18(11-19)13-20(3)12-15-8-9-16-6-4-5-7-17(16)10-15/h4-10,14,18H,12-13H2,1-3H3. The summed E-state index contributed by atoms with van der Waals surface area (Å²) in [4.78, 5) is 2.23. The van der Waals surface area contributed by atoms with E-state index in [-0.39, 0.29) is 5.92 Å². The van der Waals surface area contributed by atoms with E-state index in [4.69, 9.17) is 0 Å². The van der Waals surface area contributed by atoms with Gasteiger partial charge in [0.25, 0.3) is 0 Å². The Morgan fingerprint density at radius 3 is 2.45 bits per heavy atom. The number of benzene rings is 2. The lowest BCUT2D eigenvalue weighted by molar-refractivity contribution is 0.265. The lowest BCUT2D eigenvalue weighted by atomic mass is 9.97. The van der Waals surface area contributed by atoms with Crippen molar-refractivity contribution in [2.75, 3.05) is 13.6 Å². The highest BCUT2D eigenvalue weighted by molar-refractivity contribution is 5.82. The first kappa shape index (κ1) is 14.6. The average molecular weight is 266 g/mol. The first-order valence-electron chi connectivity index (χ1n) is 7.16. The van der Waals surface area contributed by atoms with Gasteiger partial charge in [-0.2, -0.15) is 5.26 Å². The van der Waals surface area contributed by atoms with Gasteiger partial charge in [0, 0.05) is 13.1 Å². The number of hydrogen-bond acceptors (Lipinski definition) is 2. The van der Waals surface area contributed by atoms with Crippen LogP contribution in [0.3, 0.4) is 0 Å². The second-order valence-corrected chi connectivity index (χ2v) is 5.86. The molecule has 2 heteroatoms. The van der Waals surface area contributed by atoms with Crippen LogP contribution in [0.15, 0.2) is 42.5 Å². The first-order valence-corrected chi connectivity index (χ1v) is 7.16. The molecule has 1 unspecified atom stereocenters. The van der Waals surface area contributed by atoms with Crippen LogP contribution in [-0.2, 0) is 6.54 Å². The molecule has 20 heavy (non-hydrogen) atoms. The van der Waals surface area contributed by atoms with Crippen molar-refractivity contribution < 1.29 is 0 Å². The summed E-state index contributed by atoms with van der Waals surface area (Å²) in [6.07, 6.45) is 0. The predicted octanol–water partition coefficient (Wildman–Crippen LogP) is 4.07. The minimum atomic E-state index is 0.0976. The number of nitrogens with zero attached hydrogens (tertiary/aromatic N) is 2. The van der Waals surface area contributed by atoms with Gasteiger partial charge in [-0.15, -0.1) is 0 Å². The summed E-state index contributed by atoms with van der Waals surface area (Å²) in [5.74, 6) is 0.500. The van der Waals surface area contributed by atoms with Crippen molar-refractivity contribution in [3.63, 3.8) is 0 Å². The van der Waals surface area contributed by atoms with Crippen LogP contribution in [0.25, 0.3) is 10.8 Å². The summed E-state index contributed by atoms with van der Waals surface area (Å²) in [5, 5.41) is 11.7. The summed E-state index contributed by atoms with van der Waals surface area (Å²) in [6.45, 7) is 5.92. The maximum Gasteiger partial charge on any atom is 0.0672 e. The van der Waals surface area contributed by atoms with E-state index in [1.165, 1.54) is 16.3 Å². The lowest BCUT2D eigenvalue weighted by Gasteiger charge is -2.22. The lowest BCUT2D eigenvalue weighted by Crippen LogP contribution is -2.27. The van der Waals surface area contributed by atoms with Crippen LogP contribution < -0.4 is 0 Å². The summed E-state index contributed by atoms with van der Waals surface area (Å²) >= 11 is 0. The second kappa shape index (κ2) is 6.54. The van der Waals surface area contributed by atoms with Gasteiger partial charge in [-0.3, -0.25) is 0 Å². The molecule has 2 aromatic carbocycles. The smallest absolute Gasteiger partial charge is 0.0672 e. The minimum Gasteiger partial charge on any atom is -0.301 e. The van der Waals surface area contributed by atoms with Crippen molar-refractivity contribution in [2.45, 2.75) is 20.4 Å². The Balaban J connectivity index is 2.06. The molecule has 0 aliphatic rings. The summed E-state index contributed by atoms with van der Waals surface area (Å²) < 4.78 is 0. The van der Waals surface area contributed by atoms with Crippen LogP contribution >= 0.6 is 0 Å². The predicted molar refractivity (Wildman–Crippen MR) is 84.2 cm³/mol. The van der Waals surface area contributed by atoms with Gasteiger partial charge in [0.2, 0.25) is 0 Å². The van der Waals surface area contributed by atoms with E-state index >= 15 is 0 Å². The highest BCUT2D eigenvalue weighted by Crippen LogP contribution is 2.17. The molecule has 0 aliphatic carbocycles. The van der Waals surface area contributed by atoms with Gasteiger partial charge in [0.05, 0.1) is 12.0 Å². The van der Waals surface area contributed by atoms with Crippen LogP contribution in [-0.4, -0.2) is 18.5 Å². The van der Waals surface area contributed by atoms with Gasteiger partial charge < -0.3 is 4.90 Å². The third kappa shape index (κ3) is 3.59. The fourth-order valence-electron chi connectivity index (χ4n) is 2.45. The zero-order chi connectivity index (χ0) is 14.5. The SMILES string of the molecule is CC(C)C(C#N)CN(C)Cc1ccc2ccccc2c1. The minimum absolute atomic E-state index is 0.0976. The molecule has 0 aliphatic heterocycles. The van der Waals surface area contributed by atoms with Crippen molar-refractivity contribution in [1.29, 1.82) is 5.26 Å². The normalized spacial score (nSPS) is 12.8. The molecule has 2 nitrogen and oxygen atoms in total. The molecule has 104 valence electrons. The van der Waals surface area contributed by atoms with Crippen LogP contribution in [0.1, 0.15) is 19.4 Å². The zero-order valence-electron chi connectivity index (χ0n) is 12.5. The van der Waals surface area contributed by atoms with Crippen LogP contribution in [0, 0.1) is 23.2 Å². The van der Waals surface area contributed by atoms with Crippen molar-refractivity contribution in [1.82, 2.24) is 4.90 Å².